The number of esters is 1. The largest absolute Gasteiger partial charge is 0.462 e. The van der Waals surface area contributed by atoms with E-state index >= 15 is 0 Å². The van der Waals surface area contributed by atoms with Gasteiger partial charge in [0.05, 0.1) is 6.61 Å². The summed E-state index contributed by atoms with van der Waals surface area (Å²) in [6, 6.07) is 1.88. The molecule has 0 saturated heterocycles. The lowest BCUT2D eigenvalue weighted by molar-refractivity contribution is 0.0526. The number of rotatable bonds is 4. The summed E-state index contributed by atoms with van der Waals surface area (Å²) in [7, 11) is 0. The summed E-state index contributed by atoms with van der Waals surface area (Å²) in [6.07, 6.45) is 0. The van der Waals surface area contributed by atoms with Gasteiger partial charge in [-0.2, -0.15) is 0 Å². The van der Waals surface area contributed by atoms with Crippen molar-refractivity contribution in [3.05, 3.63) is 22.9 Å². The van der Waals surface area contributed by atoms with E-state index in [4.69, 9.17) is 4.74 Å². The molecule has 0 aliphatic rings. The number of carbonyl (C=O) groups is 1. The molecule has 88 valence electrons. The van der Waals surface area contributed by atoms with Crippen LogP contribution in [0.3, 0.4) is 0 Å². The van der Waals surface area contributed by atoms with Gasteiger partial charge in [0.25, 0.3) is 0 Å². The maximum atomic E-state index is 11.8. The first-order chi connectivity index (χ1) is 7.60. The quantitative estimate of drug-likeness (QED) is 0.794. The van der Waals surface area contributed by atoms with E-state index in [-0.39, 0.29) is 5.97 Å². The Bertz CT molecular complexity index is 389. The lowest BCUT2D eigenvalue weighted by Gasteiger charge is -2.12. The first-order valence-corrected chi connectivity index (χ1v) is 5.49. The average Bonchev–Trinajstić information content (AvgIpc) is 2.17. The number of aromatic nitrogens is 1. The Morgan fingerprint density at radius 1 is 1.44 bits per heavy atom. The topological polar surface area (TPSA) is 51.2 Å². The van der Waals surface area contributed by atoms with E-state index in [2.05, 4.69) is 10.3 Å². The van der Waals surface area contributed by atoms with Crippen LogP contribution in [-0.2, 0) is 4.74 Å². The Hall–Kier alpha value is -1.58. The van der Waals surface area contributed by atoms with Crippen LogP contribution >= 0.6 is 0 Å². The molecule has 0 fully saturated rings. The fourth-order valence-electron chi connectivity index (χ4n) is 1.59. The minimum Gasteiger partial charge on any atom is -0.462 e. The van der Waals surface area contributed by atoms with E-state index < -0.39 is 0 Å². The monoisotopic (exact) mass is 222 g/mol. The van der Waals surface area contributed by atoms with Crippen LogP contribution in [0.2, 0.25) is 0 Å². The Morgan fingerprint density at radius 2 is 2.12 bits per heavy atom. The highest BCUT2D eigenvalue weighted by Gasteiger charge is 2.17. The Kier molecular flexibility index (Phi) is 4.28. The van der Waals surface area contributed by atoms with Crippen LogP contribution in [-0.4, -0.2) is 24.1 Å². The average molecular weight is 222 g/mol. The smallest absolute Gasteiger partial charge is 0.342 e. The zero-order chi connectivity index (χ0) is 12.1. The van der Waals surface area contributed by atoms with Gasteiger partial charge >= 0.3 is 5.97 Å². The molecule has 1 heterocycles. The maximum absolute atomic E-state index is 11.8. The van der Waals surface area contributed by atoms with Crippen LogP contribution in [0.5, 0.6) is 0 Å². The summed E-state index contributed by atoms with van der Waals surface area (Å²) in [5.41, 5.74) is 2.32. The number of hydrogen-bond donors (Lipinski definition) is 1. The molecule has 0 aliphatic heterocycles. The van der Waals surface area contributed by atoms with Crippen molar-refractivity contribution in [1.82, 2.24) is 4.98 Å². The number of hydrogen-bond acceptors (Lipinski definition) is 4. The molecular weight excluding hydrogens is 204 g/mol. The summed E-state index contributed by atoms with van der Waals surface area (Å²) in [5, 5.41) is 3.09. The molecule has 1 rings (SSSR count). The molecule has 0 bridgehead atoms. The molecule has 0 aliphatic carbocycles. The summed E-state index contributed by atoms with van der Waals surface area (Å²) >= 11 is 0. The Labute approximate surface area is 96.0 Å². The van der Waals surface area contributed by atoms with Crippen molar-refractivity contribution in [2.45, 2.75) is 27.7 Å². The predicted molar refractivity (Wildman–Crippen MR) is 63.8 cm³/mol. The molecule has 1 aromatic rings. The van der Waals surface area contributed by atoms with E-state index in [0.717, 1.165) is 17.8 Å². The number of anilines is 1. The standard InChI is InChI=1S/C12H18N2O2/c1-5-13-11-10(12(15)16-6-2)8(3)7-9(4)14-11/h7H,5-6H2,1-4H3,(H,13,14). The number of nitrogens with zero attached hydrogens (tertiary/aromatic N) is 1. The van der Waals surface area contributed by atoms with E-state index in [9.17, 15) is 4.79 Å². The van der Waals surface area contributed by atoms with Crippen molar-refractivity contribution >= 4 is 11.8 Å². The van der Waals surface area contributed by atoms with Crippen molar-refractivity contribution < 1.29 is 9.53 Å². The van der Waals surface area contributed by atoms with Gasteiger partial charge in [0.15, 0.2) is 0 Å². The second-order valence-corrected chi connectivity index (χ2v) is 3.55. The first-order valence-electron chi connectivity index (χ1n) is 5.49. The molecule has 16 heavy (non-hydrogen) atoms. The number of ether oxygens (including phenoxy) is 1. The highest BCUT2D eigenvalue weighted by molar-refractivity contribution is 5.96. The minimum atomic E-state index is -0.316. The van der Waals surface area contributed by atoms with Gasteiger partial charge in [-0.3, -0.25) is 0 Å². The predicted octanol–water partition coefficient (Wildman–Crippen LogP) is 2.31. The van der Waals surface area contributed by atoms with Gasteiger partial charge in [0.2, 0.25) is 0 Å². The number of carbonyl (C=O) groups excluding carboxylic acids is 1. The molecule has 0 aromatic carbocycles. The van der Waals surface area contributed by atoms with Crippen molar-refractivity contribution in [2.24, 2.45) is 0 Å². The molecule has 4 heteroatoms. The van der Waals surface area contributed by atoms with Gasteiger partial charge in [-0.1, -0.05) is 0 Å². The van der Waals surface area contributed by atoms with Gasteiger partial charge in [0, 0.05) is 12.2 Å². The molecule has 1 N–H and O–H groups in total. The maximum Gasteiger partial charge on any atom is 0.342 e. The summed E-state index contributed by atoms with van der Waals surface area (Å²) in [4.78, 5) is 16.1. The van der Waals surface area contributed by atoms with Gasteiger partial charge in [-0.15, -0.1) is 0 Å². The zero-order valence-electron chi connectivity index (χ0n) is 10.3. The van der Waals surface area contributed by atoms with Crippen molar-refractivity contribution in [1.29, 1.82) is 0 Å². The number of pyridine rings is 1. The van der Waals surface area contributed by atoms with Crippen molar-refractivity contribution in [2.75, 3.05) is 18.5 Å². The second kappa shape index (κ2) is 5.49. The van der Waals surface area contributed by atoms with Crippen LogP contribution < -0.4 is 5.32 Å². The highest BCUT2D eigenvalue weighted by Crippen LogP contribution is 2.19. The molecule has 0 spiro atoms. The zero-order valence-corrected chi connectivity index (χ0v) is 10.3. The van der Waals surface area contributed by atoms with Gasteiger partial charge < -0.3 is 10.1 Å². The number of aryl methyl sites for hydroxylation is 2. The van der Waals surface area contributed by atoms with E-state index in [1.54, 1.807) is 6.92 Å². The lowest BCUT2D eigenvalue weighted by atomic mass is 10.1. The molecule has 1 aromatic heterocycles. The first kappa shape index (κ1) is 12.5. The van der Waals surface area contributed by atoms with Crippen LogP contribution in [0.1, 0.15) is 35.5 Å². The Morgan fingerprint density at radius 3 is 2.69 bits per heavy atom. The second-order valence-electron chi connectivity index (χ2n) is 3.55. The summed E-state index contributed by atoms with van der Waals surface area (Å²) in [6.45, 7) is 8.65. The molecule has 0 radical (unpaired) electrons. The normalized spacial score (nSPS) is 10.0. The minimum absolute atomic E-state index is 0.316. The summed E-state index contributed by atoms with van der Waals surface area (Å²) < 4.78 is 5.02. The van der Waals surface area contributed by atoms with Gasteiger partial charge in [-0.25, -0.2) is 9.78 Å². The molecule has 0 saturated carbocycles. The molecular formula is C12H18N2O2. The van der Waals surface area contributed by atoms with Crippen LogP contribution in [0.25, 0.3) is 0 Å². The Balaban J connectivity index is 3.18. The molecule has 0 unspecified atom stereocenters. The van der Waals surface area contributed by atoms with E-state index in [1.807, 2.05) is 26.8 Å². The highest BCUT2D eigenvalue weighted by atomic mass is 16.5. The van der Waals surface area contributed by atoms with Crippen LogP contribution in [0, 0.1) is 13.8 Å². The third-order valence-corrected chi connectivity index (χ3v) is 2.17. The van der Waals surface area contributed by atoms with Crippen molar-refractivity contribution in [3.8, 4) is 0 Å². The van der Waals surface area contributed by atoms with Crippen LogP contribution in [0.15, 0.2) is 6.07 Å². The van der Waals surface area contributed by atoms with Gasteiger partial charge in [0.1, 0.15) is 11.4 Å². The molecule has 0 atom stereocenters. The summed E-state index contributed by atoms with van der Waals surface area (Å²) in [5.74, 6) is 0.293. The van der Waals surface area contributed by atoms with E-state index in [0.29, 0.717) is 18.0 Å². The van der Waals surface area contributed by atoms with Crippen molar-refractivity contribution in [3.63, 3.8) is 0 Å². The lowest BCUT2D eigenvalue weighted by Crippen LogP contribution is -2.13. The fraction of sp³-hybridized carbons (Fsp3) is 0.500. The van der Waals surface area contributed by atoms with Crippen LogP contribution in [0.4, 0.5) is 5.82 Å². The van der Waals surface area contributed by atoms with Gasteiger partial charge in [-0.05, 0) is 39.3 Å². The number of nitrogens with one attached hydrogen (secondary N) is 1. The third-order valence-electron chi connectivity index (χ3n) is 2.17. The third kappa shape index (κ3) is 2.72. The molecule has 0 amide bonds. The SMILES string of the molecule is CCNc1nc(C)cc(C)c1C(=O)OCC. The fourth-order valence-corrected chi connectivity index (χ4v) is 1.59. The van der Waals surface area contributed by atoms with E-state index in [1.165, 1.54) is 0 Å². The molecule has 4 nitrogen and oxygen atoms in total.